The van der Waals surface area contributed by atoms with E-state index in [0.717, 1.165) is 11.4 Å². The molecule has 4 heteroatoms. The first kappa shape index (κ1) is 10.6. The van der Waals surface area contributed by atoms with Crippen molar-refractivity contribution in [1.29, 1.82) is 0 Å². The zero-order chi connectivity index (χ0) is 10.7. The summed E-state index contributed by atoms with van der Waals surface area (Å²) in [6.07, 6.45) is 4.06. The maximum atomic E-state index is 10.5. The van der Waals surface area contributed by atoms with Crippen molar-refractivity contribution in [2.45, 2.75) is 38.3 Å². The van der Waals surface area contributed by atoms with Crippen LogP contribution >= 0.6 is 11.3 Å². The number of hydrogen-bond acceptors (Lipinski definition) is 3. The Labute approximate surface area is 93.1 Å². The SMILES string of the molecule is O=C(O)Cc1ccc(CNC2CCC2)s1. The van der Waals surface area contributed by atoms with Crippen molar-refractivity contribution in [3.63, 3.8) is 0 Å². The van der Waals surface area contributed by atoms with E-state index in [1.807, 2.05) is 12.1 Å². The van der Waals surface area contributed by atoms with Crippen LogP contribution in [0.3, 0.4) is 0 Å². The van der Waals surface area contributed by atoms with Gasteiger partial charge in [0.2, 0.25) is 0 Å². The Morgan fingerprint density at radius 3 is 2.80 bits per heavy atom. The van der Waals surface area contributed by atoms with Crippen molar-refractivity contribution in [2.75, 3.05) is 0 Å². The zero-order valence-corrected chi connectivity index (χ0v) is 9.35. The van der Waals surface area contributed by atoms with Gasteiger partial charge in [-0.05, 0) is 25.0 Å². The number of thiophene rings is 1. The number of rotatable bonds is 5. The smallest absolute Gasteiger partial charge is 0.308 e. The van der Waals surface area contributed by atoms with Gasteiger partial charge >= 0.3 is 5.97 Å². The standard InChI is InChI=1S/C11H15NO2S/c13-11(14)6-9-4-5-10(15-9)7-12-8-2-1-3-8/h4-5,8,12H,1-3,6-7H2,(H,13,14). The summed E-state index contributed by atoms with van der Waals surface area (Å²) in [4.78, 5) is 12.7. The molecule has 1 saturated carbocycles. The first-order valence-electron chi connectivity index (χ1n) is 5.27. The molecule has 0 amide bonds. The van der Waals surface area contributed by atoms with E-state index in [1.54, 1.807) is 11.3 Å². The summed E-state index contributed by atoms with van der Waals surface area (Å²) < 4.78 is 0. The van der Waals surface area contributed by atoms with Gasteiger partial charge in [-0.3, -0.25) is 4.79 Å². The number of aliphatic carboxylic acids is 1. The van der Waals surface area contributed by atoms with Gasteiger partial charge in [0.05, 0.1) is 6.42 Å². The predicted octanol–water partition coefficient (Wildman–Crippen LogP) is 2.02. The summed E-state index contributed by atoms with van der Waals surface area (Å²) in [5, 5.41) is 12.1. The molecule has 2 N–H and O–H groups in total. The Kier molecular flexibility index (Phi) is 3.38. The molecule has 82 valence electrons. The van der Waals surface area contributed by atoms with Crippen LogP contribution in [-0.2, 0) is 17.8 Å². The molecule has 0 spiro atoms. The second-order valence-electron chi connectivity index (χ2n) is 3.95. The highest BCUT2D eigenvalue weighted by molar-refractivity contribution is 7.12. The predicted molar refractivity (Wildman–Crippen MR) is 60.1 cm³/mol. The second-order valence-corrected chi connectivity index (χ2v) is 5.20. The minimum atomic E-state index is -0.754. The highest BCUT2D eigenvalue weighted by Gasteiger charge is 2.16. The van der Waals surface area contributed by atoms with E-state index in [2.05, 4.69) is 5.32 Å². The van der Waals surface area contributed by atoms with Crippen molar-refractivity contribution in [1.82, 2.24) is 5.32 Å². The molecule has 2 rings (SSSR count). The molecule has 0 aromatic carbocycles. The molecule has 0 aliphatic heterocycles. The lowest BCUT2D eigenvalue weighted by Crippen LogP contribution is -2.34. The first-order chi connectivity index (χ1) is 7.24. The van der Waals surface area contributed by atoms with E-state index in [4.69, 9.17) is 5.11 Å². The van der Waals surface area contributed by atoms with Gasteiger partial charge in [-0.15, -0.1) is 11.3 Å². The van der Waals surface area contributed by atoms with Crippen LogP contribution in [0, 0.1) is 0 Å². The van der Waals surface area contributed by atoms with Crippen LogP contribution in [0.2, 0.25) is 0 Å². The fraction of sp³-hybridized carbons (Fsp3) is 0.545. The van der Waals surface area contributed by atoms with Crippen LogP contribution in [0.5, 0.6) is 0 Å². The van der Waals surface area contributed by atoms with Gasteiger partial charge in [-0.1, -0.05) is 6.42 Å². The summed E-state index contributed by atoms with van der Waals surface area (Å²) >= 11 is 1.59. The van der Waals surface area contributed by atoms with Gasteiger partial charge in [-0.25, -0.2) is 0 Å². The molecule has 0 bridgehead atoms. The number of nitrogens with one attached hydrogen (secondary N) is 1. The Morgan fingerprint density at radius 1 is 1.47 bits per heavy atom. The quantitative estimate of drug-likeness (QED) is 0.806. The van der Waals surface area contributed by atoms with E-state index >= 15 is 0 Å². The van der Waals surface area contributed by atoms with Crippen LogP contribution in [0.1, 0.15) is 29.0 Å². The summed E-state index contributed by atoms with van der Waals surface area (Å²) in [6, 6.07) is 4.63. The molecule has 1 aliphatic carbocycles. The van der Waals surface area contributed by atoms with E-state index < -0.39 is 5.97 Å². The topological polar surface area (TPSA) is 49.3 Å². The van der Waals surface area contributed by atoms with Crippen LogP contribution in [-0.4, -0.2) is 17.1 Å². The molecule has 0 saturated heterocycles. The van der Waals surface area contributed by atoms with Crippen molar-refractivity contribution >= 4 is 17.3 Å². The fourth-order valence-corrected chi connectivity index (χ4v) is 2.58. The summed E-state index contributed by atoms with van der Waals surface area (Å²) in [6.45, 7) is 0.884. The number of carboxylic acids is 1. The first-order valence-corrected chi connectivity index (χ1v) is 6.08. The minimum absolute atomic E-state index is 0.147. The molecular formula is C11H15NO2S. The summed E-state index contributed by atoms with van der Waals surface area (Å²) in [5.74, 6) is -0.754. The molecule has 0 radical (unpaired) electrons. The molecule has 3 nitrogen and oxygen atoms in total. The van der Waals surface area contributed by atoms with Crippen LogP contribution < -0.4 is 5.32 Å². The van der Waals surface area contributed by atoms with E-state index in [0.29, 0.717) is 6.04 Å². The number of hydrogen-bond donors (Lipinski definition) is 2. The van der Waals surface area contributed by atoms with Gasteiger partial charge in [0, 0.05) is 22.3 Å². The van der Waals surface area contributed by atoms with Crippen LogP contribution in [0.25, 0.3) is 0 Å². The van der Waals surface area contributed by atoms with Crippen molar-refractivity contribution in [2.24, 2.45) is 0 Å². The minimum Gasteiger partial charge on any atom is -0.481 e. The van der Waals surface area contributed by atoms with Crippen molar-refractivity contribution in [3.05, 3.63) is 21.9 Å². The van der Waals surface area contributed by atoms with E-state index in [9.17, 15) is 4.79 Å². The normalized spacial score (nSPS) is 16.3. The number of carboxylic acid groups (broad SMARTS) is 1. The number of carbonyl (C=O) groups is 1. The second kappa shape index (κ2) is 4.77. The molecule has 1 heterocycles. The molecule has 1 fully saturated rings. The zero-order valence-electron chi connectivity index (χ0n) is 8.53. The molecular weight excluding hydrogens is 210 g/mol. The Morgan fingerprint density at radius 2 is 2.20 bits per heavy atom. The van der Waals surface area contributed by atoms with Gasteiger partial charge in [0.25, 0.3) is 0 Å². The molecule has 1 aromatic rings. The van der Waals surface area contributed by atoms with Crippen LogP contribution in [0.4, 0.5) is 0 Å². The van der Waals surface area contributed by atoms with Gasteiger partial charge in [0.1, 0.15) is 0 Å². The third-order valence-corrected chi connectivity index (χ3v) is 3.80. The highest BCUT2D eigenvalue weighted by Crippen LogP contribution is 2.21. The highest BCUT2D eigenvalue weighted by atomic mass is 32.1. The van der Waals surface area contributed by atoms with Gasteiger partial charge in [-0.2, -0.15) is 0 Å². The maximum absolute atomic E-state index is 10.5. The largest absolute Gasteiger partial charge is 0.481 e. The van der Waals surface area contributed by atoms with Crippen LogP contribution in [0.15, 0.2) is 12.1 Å². The van der Waals surface area contributed by atoms with Gasteiger partial charge in [0.15, 0.2) is 0 Å². The van der Waals surface area contributed by atoms with Crippen molar-refractivity contribution < 1.29 is 9.90 Å². The summed E-state index contributed by atoms with van der Waals surface area (Å²) in [5.41, 5.74) is 0. The Bertz CT molecular complexity index is 344. The Balaban J connectivity index is 1.80. The Hall–Kier alpha value is -0.870. The average molecular weight is 225 g/mol. The van der Waals surface area contributed by atoms with E-state index in [-0.39, 0.29) is 6.42 Å². The molecule has 1 aliphatic rings. The maximum Gasteiger partial charge on any atom is 0.308 e. The lowest BCUT2D eigenvalue weighted by molar-refractivity contribution is -0.136. The fourth-order valence-electron chi connectivity index (χ4n) is 1.62. The average Bonchev–Trinajstić information content (AvgIpc) is 2.48. The van der Waals surface area contributed by atoms with E-state index in [1.165, 1.54) is 24.1 Å². The lowest BCUT2D eigenvalue weighted by atomic mass is 9.93. The molecule has 0 atom stereocenters. The third-order valence-electron chi connectivity index (χ3n) is 2.71. The van der Waals surface area contributed by atoms with Gasteiger partial charge < -0.3 is 10.4 Å². The monoisotopic (exact) mass is 225 g/mol. The summed E-state index contributed by atoms with van der Waals surface area (Å²) in [7, 11) is 0. The molecule has 15 heavy (non-hydrogen) atoms. The molecule has 1 aromatic heterocycles. The van der Waals surface area contributed by atoms with Crippen molar-refractivity contribution in [3.8, 4) is 0 Å². The third kappa shape index (κ3) is 3.04. The molecule has 0 unspecified atom stereocenters. The lowest BCUT2D eigenvalue weighted by Gasteiger charge is -2.26.